The Labute approximate surface area is 116 Å². The Morgan fingerprint density at radius 1 is 1.40 bits per heavy atom. The monoisotopic (exact) mass is 283 g/mol. The number of primary amides is 1. The lowest BCUT2D eigenvalue weighted by atomic mass is 9.78. The highest BCUT2D eigenvalue weighted by Gasteiger charge is 2.33. The highest BCUT2D eigenvalue weighted by molar-refractivity contribution is 5.72. The molecule has 2 atom stereocenters. The van der Waals surface area contributed by atoms with E-state index >= 15 is 0 Å². The molecule has 0 aliphatic carbocycles. The summed E-state index contributed by atoms with van der Waals surface area (Å²) in [4.78, 5) is 12.8. The minimum absolute atomic E-state index is 0.131. The van der Waals surface area contributed by atoms with Gasteiger partial charge in [0.25, 0.3) is 0 Å². The lowest BCUT2D eigenvalue weighted by molar-refractivity contribution is 0.160. The molecule has 1 aromatic rings. The number of amides is 2. The molecule has 1 aliphatic heterocycles. The molecule has 1 aliphatic rings. The van der Waals surface area contributed by atoms with E-state index in [2.05, 4.69) is 0 Å². The first-order valence-electron chi connectivity index (χ1n) is 6.72. The summed E-state index contributed by atoms with van der Waals surface area (Å²) < 4.78 is 27.3. The van der Waals surface area contributed by atoms with Crippen LogP contribution in [0.2, 0.25) is 0 Å². The van der Waals surface area contributed by atoms with Gasteiger partial charge in [0.1, 0.15) is 11.6 Å². The number of likely N-dealkylation sites (tertiary alicyclic amines) is 1. The SMILES string of the molecule is NCCC1CCN(C(N)=O)CC1c1cc(F)ccc1F. The van der Waals surface area contributed by atoms with E-state index in [1.165, 1.54) is 11.0 Å². The van der Waals surface area contributed by atoms with Crippen LogP contribution in [0.3, 0.4) is 0 Å². The molecule has 1 heterocycles. The van der Waals surface area contributed by atoms with Crippen molar-refractivity contribution in [2.75, 3.05) is 19.6 Å². The zero-order chi connectivity index (χ0) is 14.7. The van der Waals surface area contributed by atoms with E-state index in [4.69, 9.17) is 11.5 Å². The fourth-order valence-electron chi connectivity index (χ4n) is 2.91. The van der Waals surface area contributed by atoms with E-state index < -0.39 is 17.7 Å². The molecule has 6 heteroatoms. The summed E-state index contributed by atoms with van der Waals surface area (Å²) >= 11 is 0. The number of benzene rings is 1. The maximum atomic E-state index is 14.0. The minimum atomic E-state index is -0.530. The lowest BCUT2D eigenvalue weighted by Crippen LogP contribution is -2.45. The van der Waals surface area contributed by atoms with Crippen LogP contribution in [0.25, 0.3) is 0 Å². The van der Waals surface area contributed by atoms with Crippen LogP contribution in [-0.4, -0.2) is 30.6 Å². The van der Waals surface area contributed by atoms with Crippen LogP contribution in [0, 0.1) is 17.6 Å². The molecule has 2 amide bonds. The molecule has 2 unspecified atom stereocenters. The zero-order valence-corrected chi connectivity index (χ0v) is 11.2. The Kier molecular flexibility index (Phi) is 4.54. The first kappa shape index (κ1) is 14.7. The summed E-state index contributed by atoms with van der Waals surface area (Å²) in [7, 11) is 0. The smallest absolute Gasteiger partial charge is 0.314 e. The van der Waals surface area contributed by atoms with E-state index in [1.807, 2.05) is 0 Å². The zero-order valence-electron chi connectivity index (χ0n) is 11.2. The standard InChI is InChI=1S/C14H19F2N3O/c15-10-1-2-13(16)11(7-10)12-8-19(14(18)20)6-4-9(12)3-5-17/h1-2,7,9,12H,3-6,8,17H2,(H2,18,20). The third kappa shape index (κ3) is 3.07. The molecule has 0 radical (unpaired) electrons. The normalized spacial score (nSPS) is 22.9. The molecule has 0 bridgehead atoms. The van der Waals surface area contributed by atoms with Crippen molar-refractivity contribution in [3.8, 4) is 0 Å². The molecular weight excluding hydrogens is 264 g/mol. The van der Waals surface area contributed by atoms with Crippen molar-refractivity contribution in [3.63, 3.8) is 0 Å². The molecule has 1 saturated heterocycles. The maximum Gasteiger partial charge on any atom is 0.314 e. The number of halogens is 2. The van der Waals surface area contributed by atoms with Gasteiger partial charge in [0.15, 0.2) is 0 Å². The number of urea groups is 1. The summed E-state index contributed by atoms with van der Waals surface area (Å²) in [5.41, 5.74) is 11.2. The number of rotatable bonds is 3. The van der Waals surface area contributed by atoms with Gasteiger partial charge < -0.3 is 16.4 Å². The van der Waals surface area contributed by atoms with Crippen molar-refractivity contribution in [1.29, 1.82) is 0 Å². The summed E-state index contributed by atoms with van der Waals surface area (Å²) in [6, 6.07) is 2.88. The molecule has 20 heavy (non-hydrogen) atoms. The predicted molar refractivity (Wildman–Crippen MR) is 72.0 cm³/mol. The number of hydrogen-bond donors (Lipinski definition) is 2. The van der Waals surface area contributed by atoms with E-state index in [0.717, 1.165) is 12.1 Å². The Balaban J connectivity index is 2.30. The average molecular weight is 283 g/mol. The quantitative estimate of drug-likeness (QED) is 0.887. The van der Waals surface area contributed by atoms with Gasteiger partial charge in [-0.15, -0.1) is 0 Å². The van der Waals surface area contributed by atoms with Gasteiger partial charge in [-0.1, -0.05) is 0 Å². The Bertz CT molecular complexity index is 495. The molecule has 4 nitrogen and oxygen atoms in total. The lowest BCUT2D eigenvalue weighted by Gasteiger charge is -2.38. The third-order valence-electron chi connectivity index (χ3n) is 3.96. The van der Waals surface area contributed by atoms with Gasteiger partial charge in [-0.3, -0.25) is 0 Å². The van der Waals surface area contributed by atoms with Gasteiger partial charge in [-0.2, -0.15) is 0 Å². The van der Waals surface area contributed by atoms with Crippen molar-refractivity contribution in [2.45, 2.75) is 18.8 Å². The number of nitrogens with zero attached hydrogens (tertiary/aromatic N) is 1. The fraction of sp³-hybridized carbons (Fsp3) is 0.500. The van der Waals surface area contributed by atoms with Crippen LogP contribution in [0.4, 0.5) is 13.6 Å². The van der Waals surface area contributed by atoms with E-state index in [0.29, 0.717) is 38.0 Å². The molecule has 2 rings (SSSR count). The number of piperidine rings is 1. The van der Waals surface area contributed by atoms with Crippen LogP contribution >= 0.6 is 0 Å². The molecule has 1 aromatic carbocycles. The molecule has 4 N–H and O–H groups in total. The second-order valence-corrected chi connectivity index (χ2v) is 5.18. The maximum absolute atomic E-state index is 14.0. The first-order chi connectivity index (χ1) is 9.52. The topological polar surface area (TPSA) is 72.3 Å². The van der Waals surface area contributed by atoms with Crippen LogP contribution < -0.4 is 11.5 Å². The summed E-state index contributed by atoms with van der Waals surface area (Å²) in [5.74, 6) is -1.07. The second-order valence-electron chi connectivity index (χ2n) is 5.18. The van der Waals surface area contributed by atoms with Crippen LogP contribution in [0.1, 0.15) is 24.3 Å². The van der Waals surface area contributed by atoms with Gasteiger partial charge in [0, 0.05) is 19.0 Å². The Morgan fingerprint density at radius 3 is 2.80 bits per heavy atom. The van der Waals surface area contributed by atoms with E-state index in [9.17, 15) is 13.6 Å². The number of hydrogen-bond acceptors (Lipinski definition) is 2. The van der Waals surface area contributed by atoms with Crippen molar-refractivity contribution in [3.05, 3.63) is 35.4 Å². The van der Waals surface area contributed by atoms with Gasteiger partial charge in [0.05, 0.1) is 0 Å². The largest absolute Gasteiger partial charge is 0.351 e. The van der Waals surface area contributed by atoms with Crippen LogP contribution in [0.15, 0.2) is 18.2 Å². The van der Waals surface area contributed by atoms with Crippen molar-refractivity contribution < 1.29 is 13.6 Å². The summed E-state index contributed by atoms with van der Waals surface area (Å²) in [5, 5.41) is 0. The van der Waals surface area contributed by atoms with E-state index in [1.54, 1.807) is 0 Å². The number of carbonyl (C=O) groups is 1. The molecule has 0 aromatic heterocycles. The minimum Gasteiger partial charge on any atom is -0.351 e. The van der Waals surface area contributed by atoms with Gasteiger partial charge in [-0.05, 0) is 49.1 Å². The molecular formula is C14H19F2N3O. The average Bonchev–Trinajstić information content (AvgIpc) is 2.42. The van der Waals surface area contributed by atoms with E-state index in [-0.39, 0.29) is 11.8 Å². The summed E-state index contributed by atoms with van der Waals surface area (Å²) in [6.07, 6.45) is 1.41. The summed E-state index contributed by atoms with van der Waals surface area (Å²) in [6.45, 7) is 1.32. The highest BCUT2D eigenvalue weighted by Crippen LogP contribution is 2.35. The van der Waals surface area contributed by atoms with Crippen LogP contribution in [-0.2, 0) is 0 Å². The predicted octanol–water partition coefficient (Wildman–Crippen LogP) is 1.80. The molecule has 1 fully saturated rings. The number of carbonyl (C=O) groups excluding carboxylic acids is 1. The molecule has 110 valence electrons. The molecule has 0 saturated carbocycles. The van der Waals surface area contributed by atoms with Crippen LogP contribution in [0.5, 0.6) is 0 Å². The van der Waals surface area contributed by atoms with Crippen molar-refractivity contribution >= 4 is 6.03 Å². The Morgan fingerprint density at radius 2 is 2.15 bits per heavy atom. The van der Waals surface area contributed by atoms with Gasteiger partial charge in [0.2, 0.25) is 0 Å². The second kappa shape index (κ2) is 6.17. The third-order valence-corrected chi connectivity index (χ3v) is 3.96. The molecule has 0 spiro atoms. The Hall–Kier alpha value is -1.69. The number of nitrogens with two attached hydrogens (primary N) is 2. The first-order valence-corrected chi connectivity index (χ1v) is 6.72. The fourth-order valence-corrected chi connectivity index (χ4v) is 2.91. The van der Waals surface area contributed by atoms with Crippen molar-refractivity contribution in [2.24, 2.45) is 17.4 Å². The van der Waals surface area contributed by atoms with Gasteiger partial charge in [-0.25, -0.2) is 13.6 Å². The highest BCUT2D eigenvalue weighted by atomic mass is 19.1. The van der Waals surface area contributed by atoms with Crippen molar-refractivity contribution in [1.82, 2.24) is 4.90 Å². The van der Waals surface area contributed by atoms with Gasteiger partial charge >= 0.3 is 6.03 Å².